The van der Waals surface area contributed by atoms with Gasteiger partial charge in [-0.15, -0.1) is 0 Å². The number of nitrogens with zero attached hydrogens (tertiary/aromatic N) is 1. The van der Waals surface area contributed by atoms with Gasteiger partial charge < -0.3 is 9.72 Å². The summed E-state index contributed by atoms with van der Waals surface area (Å²) in [6, 6.07) is 18.9. The average molecular weight is 441 g/mol. The number of aromatic nitrogens is 1. The van der Waals surface area contributed by atoms with Gasteiger partial charge in [-0.2, -0.15) is 0 Å². The second kappa shape index (κ2) is 7.62. The molecule has 6 rings (SSSR count). The Morgan fingerprint density at radius 2 is 1.67 bits per heavy atom. The quantitative estimate of drug-likeness (QED) is 0.514. The summed E-state index contributed by atoms with van der Waals surface area (Å²) in [5, 5.41) is 0. The molecule has 33 heavy (non-hydrogen) atoms. The van der Waals surface area contributed by atoms with Crippen molar-refractivity contribution in [1.29, 1.82) is 0 Å². The van der Waals surface area contributed by atoms with Crippen molar-refractivity contribution in [3.05, 3.63) is 77.6 Å². The Kier molecular flexibility index (Phi) is 4.68. The number of rotatable bonds is 3. The maximum Gasteiger partial charge on any atom is 0.242 e. The Labute approximate surface area is 193 Å². The van der Waals surface area contributed by atoms with Crippen LogP contribution in [-0.2, 0) is 9.59 Å². The molecule has 0 radical (unpaired) electrons. The second-order valence-electron chi connectivity index (χ2n) is 9.93. The molecule has 5 atom stereocenters. The summed E-state index contributed by atoms with van der Waals surface area (Å²) in [6.07, 6.45) is 3.25. The fraction of sp³-hybridized carbons (Fsp3) is 0.357. The van der Waals surface area contributed by atoms with Crippen molar-refractivity contribution < 1.29 is 14.3 Å². The molecule has 1 saturated carbocycles. The van der Waals surface area contributed by atoms with Gasteiger partial charge in [-0.1, -0.05) is 31.5 Å². The van der Waals surface area contributed by atoms with Crippen molar-refractivity contribution in [2.75, 3.05) is 4.90 Å². The van der Waals surface area contributed by atoms with E-state index in [4.69, 9.17) is 4.74 Å². The highest BCUT2D eigenvalue weighted by atomic mass is 16.5. The Hall–Kier alpha value is -3.34. The van der Waals surface area contributed by atoms with Crippen molar-refractivity contribution in [3.63, 3.8) is 0 Å². The summed E-state index contributed by atoms with van der Waals surface area (Å²) in [6.45, 7) is 4.31. The normalized spacial score (nSPS) is 28.3. The Bertz CT molecular complexity index is 1210. The topological polar surface area (TPSA) is 62.4 Å². The van der Waals surface area contributed by atoms with E-state index in [1.165, 1.54) is 17.0 Å². The number of carbonyl (C=O) groups is 2. The number of anilines is 1. The molecule has 2 aliphatic carbocycles. The number of aromatic amines is 1. The van der Waals surface area contributed by atoms with Crippen LogP contribution in [0.1, 0.15) is 55.0 Å². The van der Waals surface area contributed by atoms with E-state index in [0.717, 1.165) is 29.8 Å². The van der Waals surface area contributed by atoms with E-state index in [1.54, 1.807) is 0 Å². The van der Waals surface area contributed by atoms with Crippen LogP contribution in [0.15, 0.2) is 60.7 Å². The molecule has 168 valence electrons. The number of hydrogen-bond donors (Lipinski definition) is 1. The van der Waals surface area contributed by atoms with E-state index >= 15 is 0 Å². The van der Waals surface area contributed by atoms with E-state index in [-0.39, 0.29) is 29.6 Å². The van der Waals surface area contributed by atoms with Gasteiger partial charge >= 0.3 is 0 Å². The fourth-order valence-electron chi connectivity index (χ4n) is 6.37. The number of benzene rings is 2. The number of amides is 2. The summed E-state index contributed by atoms with van der Waals surface area (Å²) in [5.74, 6) is 1.75. The Morgan fingerprint density at radius 3 is 2.42 bits per heavy atom. The third-order valence-electron chi connectivity index (χ3n) is 7.77. The average Bonchev–Trinajstić information content (AvgIpc) is 3.32. The van der Waals surface area contributed by atoms with E-state index in [2.05, 4.69) is 18.0 Å². The van der Waals surface area contributed by atoms with Gasteiger partial charge in [0.2, 0.25) is 11.8 Å². The smallest absolute Gasteiger partial charge is 0.242 e. The zero-order valence-electron chi connectivity index (χ0n) is 19.0. The molecular formula is C28H28N2O3. The molecule has 1 saturated heterocycles. The molecule has 1 aromatic heterocycles. The van der Waals surface area contributed by atoms with Crippen LogP contribution in [0.4, 0.5) is 5.69 Å². The summed E-state index contributed by atoms with van der Waals surface area (Å²) in [5.41, 5.74) is 3.92. The molecule has 0 bridgehead atoms. The van der Waals surface area contributed by atoms with Crippen molar-refractivity contribution in [2.45, 2.75) is 44.9 Å². The van der Waals surface area contributed by atoms with Crippen LogP contribution in [0.25, 0.3) is 0 Å². The SMILES string of the molecule is Cc1cc2c([nH]1)[C@@H]1CCC(C)C[C@@H]1[C@@H]1C(=O)N(c3ccc(Oc4ccccc4)cc3)C(=O)[C@H]21. The predicted molar refractivity (Wildman–Crippen MR) is 126 cm³/mol. The van der Waals surface area contributed by atoms with Crippen LogP contribution in [-0.4, -0.2) is 16.8 Å². The van der Waals surface area contributed by atoms with Gasteiger partial charge in [-0.25, -0.2) is 4.90 Å². The zero-order chi connectivity index (χ0) is 22.7. The highest BCUT2D eigenvalue weighted by Gasteiger charge is 2.58. The minimum absolute atomic E-state index is 0.0460. The van der Waals surface area contributed by atoms with Crippen LogP contribution in [0.3, 0.4) is 0 Å². The van der Waals surface area contributed by atoms with Gasteiger partial charge in [-0.05, 0) is 79.6 Å². The summed E-state index contributed by atoms with van der Waals surface area (Å²) < 4.78 is 5.88. The van der Waals surface area contributed by atoms with Crippen molar-refractivity contribution in [3.8, 4) is 11.5 Å². The van der Waals surface area contributed by atoms with E-state index in [1.807, 2.05) is 61.5 Å². The van der Waals surface area contributed by atoms with Gasteiger partial charge in [0, 0.05) is 17.3 Å². The van der Waals surface area contributed by atoms with Gasteiger partial charge in [0.05, 0.1) is 17.5 Å². The molecule has 2 aromatic carbocycles. The van der Waals surface area contributed by atoms with Crippen molar-refractivity contribution in [1.82, 2.24) is 4.98 Å². The monoisotopic (exact) mass is 440 g/mol. The standard InChI is InChI=1S/C28H28N2O3/c1-16-8-13-21-22(14-16)24-25(23-15-17(2)29-26(21)23)28(32)30(27(24)31)18-9-11-20(12-10-18)33-19-6-4-3-5-7-19/h3-7,9-12,15-16,21-22,24-25,29H,8,13-14H2,1-2H3/t16?,21-,22+,24+,25-/m1/s1. The number of carbonyl (C=O) groups excluding carboxylic acids is 2. The van der Waals surface area contributed by atoms with Crippen molar-refractivity contribution >= 4 is 17.5 Å². The molecule has 2 fully saturated rings. The zero-order valence-corrected chi connectivity index (χ0v) is 19.0. The van der Waals surface area contributed by atoms with Crippen LogP contribution < -0.4 is 9.64 Å². The highest BCUT2D eigenvalue weighted by molar-refractivity contribution is 6.24. The van der Waals surface area contributed by atoms with E-state index in [9.17, 15) is 9.59 Å². The number of imide groups is 1. The molecular weight excluding hydrogens is 412 g/mol. The first-order valence-corrected chi connectivity index (χ1v) is 11.9. The summed E-state index contributed by atoms with van der Waals surface area (Å²) >= 11 is 0. The molecule has 1 N–H and O–H groups in total. The number of H-pyrrole nitrogens is 1. The summed E-state index contributed by atoms with van der Waals surface area (Å²) in [4.78, 5) is 32.5. The van der Waals surface area contributed by atoms with Gasteiger partial charge in [0.25, 0.3) is 0 Å². The molecule has 2 heterocycles. The lowest BCUT2D eigenvalue weighted by Gasteiger charge is -2.42. The maximum atomic E-state index is 13.8. The predicted octanol–water partition coefficient (Wildman–Crippen LogP) is 5.92. The molecule has 0 spiro atoms. The fourth-order valence-corrected chi connectivity index (χ4v) is 6.37. The summed E-state index contributed by atoms with van der Waals surface area (Å²) in [7, 11) is 0. The van der Waals surface area contributed by atoms with Crippen LogP contribution in [0.5, 0.6) is 11.5 Å². The lowest BCUT2D eigenvalue weighted by molar-refractivity contribution is -0.123. The molecule has 3 aromatic rings. The first-order valence-electron chi connectivity index (χ1n) is 11.9. The van der Waals surface area contributed by atoms with E-state index in [0.29, 0.717) is 23.3 Å². The highest BCUT2D eigenvalue weighted by Crippen LogP contribution is 2.57. The second-order valence-corrected chi connectivity index (χ2v) is 9.93. The molecule has 1 aliphatic heterocycles. The molecule has 5 nitrogen and oxygen atoms in total. The maximum absolute atomic E-state index is 13.8. The Morgan fingerprint density at radius 1 is 0.939 bits per heavy atom. The van der Waals surface area contributed by atoms with Crippen LogP contribution in [0.2, 0.25) is 0 Å². The first kappa shape index (κ1) is 20.3. The number of nitrogens with one attached hydrogen (secondary N) is 1. The minimum Gasteiger partial charge on any atom is -0.457 e. The van der Waals surface area contributed by atoms with Crippen LogP contribution in [0, 0.1) is 24.7 Å². The molecule has 3 aliphatic rings. The first-order chi connectivity index (χ1) is 16.0. The van der Waals surface area contributed by atoms with Gasteiger partial charge in [0.1, 0.15) is 11.5 Å². The largest absolute Gasteiger partial charge is 0.457 e. The van der Waals surface area contributed by atoms with Crippen LogP contribution >= 0.6 is 0 Å². The van der Waals surface area contributed by atoms with Gasteiger partial charge in [0.15, 0.2) is 0 Å². The number of aryl methyl sites for hydroxylation is 1. The van der Waals surface area contributed by atoms with E-state index < -0.39 is 0 Å². The Balaban J connectivity index is 1.34. The van der Waals surface area contributed by atoms with Crippen molar-refractivity contribution in [2.24, 2.45) is 17.8 Å². The molecule has 1 unspecified atom stereocenters. The minimum atomic E-state index is -0.385. The lowest BCUT2D eigenvalue weighted by atomic mass is 9.60. The lowest BCUT2D eigenvalue weighted by Crippen LogP contribution is -2.39. The number of fused-ring (bicyclic) bond motifs is 6. The number of ether oxygens (including phenoxy) is 1. The number of hydrogen-bond acceptors (Lipinski definition) is 3. The third-order valence-corrected chi connectivity index (χ3v) is 7.77. The molecule has 2 amide bonds. The third kappa shape index (κ3) is 3.21. The molecule has 5 heteroatoms. The number of para-hydroxylation sites is 1. The van der Waals surface area contributed by atoms with Gasteiger partial charge in [-0.3, -0.25) is 9.59 Å².